The van der Waals surface area contributed by atoms with Crippen LogP contribution in [-0.2, 0) is 11.8 Å². The first-order valence-corrected chi connectivity index (χ1v) is 6.59. The Balaban J connectivity index is 2.00. The topological polar surface area (TPSA) is 47.4 Å². The van der Waals surface area contributed by atoms with Crippen molar-refractivity contribution >= 4 is 12.1 Å². The largest absolute Gasteiger partial charge is 0.374 e. The van der Waals surface area contributed by atoms with Gasteiger partial charge in [0.25, 0.3) is 0 Å². The predicted molar refractivity (Wildman–Crippen MR) is 68.1 cm³/mol. The van der Waals surface area contributed by atoms with Crippen LogP contribution < -0.4 is 4.90 Å². The second-order valence-electron chi connectivity index (χ2n) is 5.17. The summed E-state index contributed by atoms with van der Waals surface area (Å²) < 4.78 is 7.65. The minimum absolute atomic E-state index is 0.327. The van der Waals surface area contributed by atoms with E-state index in [1.165, 1.54) is 6.42 Å². The van der Waals surface area contributed by atoms with Crippen LogP contribution in [0.3, 0.4) is 0 Å². The first-order chi connectivity index (χ1) is 8.72. The third-order valence-corrected chi connectivity index (χ3v) is 4.11. The van der Waals surface area contributed by atoms with Crippen LogP contribution in [0.5, 0.6) is 0 Å². The van der Waals surface area contributed by atoms with Gasteiger partial charge < -0.3 is 9.64 Å². The Morgan fingerprint density at radius 3 is 3.06 bits per heavy atom. The smallest absolute Gasteiger partial charge is 0.155 e. The maximum atomic E-state index is 11.3. The maximum absolute atomic E-state index is 11.3. The molecule has 2 unspecified atom stereocenters. The minimum atomic E-state index is 0.327. The number of nitrogens with zero attached hydrogens (tertiary/aromatic N) is 3. The molecule has 0 spiro atoms. The molecule has 2 atom stereocenters. The lowest BCUT2D eigenvalue weighted by molar-refractivity contribution is 0.0250. The van der Waals surface area contributed by atoms with Gasteiger partial charge in [-0.05, 0) is 26.2 Å². The summed E-state index contributed by atoms with van der Waals surface area (Å²) in [6.45, 7) is 3.48. The summed E-state index contributed by atoms with van der Waals surface area (Å²) in [5.41, 5.74) is 1.54. The molecule has 0 amide bonds. The highest BCUT2D eigenvalue weighted by atomic mass is 16.5. The van der Waals surface area contributed by atoms with Crippen LogP contribution in [0, 0.1) is 6.92 Å². The molecule has 1 aliphatic heterocycles. The fourth-order valence-electron chi connectivity index (χ4n) is 3.33. The zero-order valence-electron chi connectivity index (χ0n) is 10.9. The summed E-state index contributed by atoms with van der Waals surface area (Å²) >= 11 is 0. The van der Waals surface area contributed by atoms with Gasteiger partial charge in [0.2, 0.25) is 0 Å². The monoisotopic (exact) mass is 249 g/mol. The molecule has 1 aliphatic carbocycles. The second-order valence-corrected chi connectivity index (χ2v) is 5.17. The first-order valence-electron chi connectivity index (χ1n) is 6.59. The molecule has 98 valence electrons. The Labute approximate surface area is 107 Å². The van der Waals surface area contributed by atoms with Crippen molar-refractivity contribution in [3.63, 3.8) is 0 Å². The molecule has 3 rings (SSSR count). The van der Waals surface area contributed by atoms with Gasteiger partial charge in [-0.3, -0.25) is 9.48 Å². The first kappa shape index (κ1) is 11.7. The van der Waals surface area contributed by atoms with E-state index in [0.717, 1.165) is 49.4 Å². The molecule has 5 nitrogen and oxygen atoms in total. The Morgan fingerprint density at radius 1 is 1.44 bits per heavy atom. The van der Waals surface area contributed by atoms with Crippen LogP contribution in [0.1, 0.15) is 35.3 Å². The van der Waals surface area contributed by atoms with Crippen LogP contribution in [0.2, 0.25) is 0 Å². The van der Waals surface area contributed by atoms with Crippen molar-refractivity contribution in [1.82, 2.24) is 9.78 Å². The molecule has 0 aromatic carbocycles. The van der Waals surface area contributed by atoms with Gasteiger partial charge in [-0.15, -0.1) is 0 Å². The summed E-state index contributed by atoms with van der Waals surface area (Å²) in [4.78, 5) is 13.6. The Hall–Kier alpha value is -1.36. The molecule has 0 N–H and O–H groups in total. The molecular formula is C13H19N3O2. The summed E-state index contributed by atoms with van der Waals surface area (Å²) in [5.74, 6) is 0.961. The van der Waals surface area contributed by atoms with E-state index >= 15 is 0 Å². The highest BCUT2D eigenvalue weighted by Gasteiger charge is 2.38. The van der Waals surface area contributed by atoms with Gasteiger partial charge in [-0.1, -0.05) is 0 Å². The van der Waals surface area contributed by atoms with E-state index in [0.29, 0.717) is 12.1 Å². The van der Waals surface area contributed by atoms with Crippen LogP contribution in [0.25, 0.3) is 0 Å². The number of aryl methyl sites for hydroxylation is 2. The fourth-order valence-corrected chi connectivity index (χ4v) is 3.33. The molecule has 0 bridgehead atoms. The van der Waals surface area contributed by atoms with E-state index in [-0.39, 0.29) is 0 Å². The van der Waals surface area contributed by atoms with Gasteiger partial charge in [0.15, 0.2) is 6.29 Å². The van der Waals surface area contributed by atoms with Crippen molar-refractivity contribution in [1.29, 1.82) is 0 Å². The van der Waals surface area contributed by atoms with E-state index in [1.54, 1.807) is 0 Å². The molecule has 2 aliphatic rings. The summed E-state index contributed by atoms with van der Waals surface area (Å²) in [6.07, 6.45) is 4.74. The van der Waals surface area contributed by atoms with E-state index < -0.39 is 0 Å². The number of aromatic nitrogens is 2. The molecule has 1 saturated carbocycles. The number of hydrogen-bond acceptors (Lipinski definition) is 4. The highest BCUT2D eigenvalue weighted by molar-refractivity contribution is 5.85. The summed E-state index contributed by atoms with van der Waals surface area (Å²) in [6, 6.07) is 0.409. The van der Waals surface area contributed by atoms with Crippen LogP contribution in [0.4, 0.5) is 5.82 Å². The van der Waals surface area contributed by atoms with E-state index in [4.69, 9.17) is 4.74 Å². The SMILES string of the molecule is Cc1nn(C)c(N2CCOC3CCCC32)c1C=O. The van der Waals surface area contributed by atoms with Crippen molar-refractivity contribution < 1.29 is 9.53 Å². The van der Waals surface area contributed by atoms with E-state index in [9.17, 15) is 4.79 Å². The predicted octanol–water partition coefficient (Wildman–Crippen LogP) is 1.30. The number of carbonyl (C=O) groups is 1. The van der Waals surface area contributed by atoms with Crippen molar-refractivity contribution in [3.05, 3.63) is 11.3 Å². The third kappa shape index (κ3) is 1.65. The molecule has 1 aromatic rings. The Morgan fingerprint density at radius 2 is 2.28 bits per heavy atom. The maximum Gasteiger partial charge on any atom is 0.155 e. The quantitative estimate of drug-likeness (QED) is 0.741. The van der Waals surface area contributed by atoms with E-state index in [1.807, 2.05) is 18.7 Å². The lowest BCUT2D eigenvalue weighted by Gasteiger charge is -2.39. The Bertz CT molecular complexity index is 469. The molecule has 5 heteroatoms. The van der Waals surface area contributed by atoms with Gasteiger partial charge in [0.1, 0.15) is 5.82 Å². The van der Waals surface area contributed by atoms with Crippen molar-refractivity contribution in [2.75, 3.05) is 18.1 Å². The Kier molecular flexibility index (Phi) is 2.86. The molecule has 18 heavy (non-hydrogen) atoms. The number of ether oxygens (including phenoxy) is 1. The fraction of sp³-hybridized carbons (Fsp3) is 0.692. The van der Waals surface area contributed by atoms with Gasteiger partial charge >= 0.3 is 0 Å². The average Bonchev–Trinajstić information content (AvgIpc) is 2.92. The minimum Gasteiger partial charge on any atom is -0.374 e. The van der Waals surface area contributed by atoms with Gasteiger partial charge in [-0.2, -0.15) is 5.10 Å². The van der Waals surface area contributed by atoms with Crippen molar-refractivity contribution in [2.24, 2.45) is 7.05 Å². The molecule has 2 fully saturated rings. The van der Waals surface area contributed by atoms with Crippen LogP contribution >= 0.6 is 0 Å². The standard InChI is InChI=1S/C13H19N3O2/c1-9-10(8-17)13(15(2)14-9)16-6-7-18-12-5-3-4-11(12)16/h8,11-12H,3-7H2,1-2H3. The molecule has 1 saturated heterocycles. The normalized spacial score (nSPS) is 27.3. The number of morpholine rings is 1. The number of anilines is 1. The molecule has 0 radical (unpaired) electrons. The lowest BCUT2D eigenvalue weighted by Crippen LogP contribution is -2.49. The zero-order chi connectivity index (χ0) is 12.7. The van der Waals surface area contributed by atoms with Crippen LogP contribution in [0.15, 0.2) is 0 Å². The third-order valence-electron chi connectivity index (χ3n) is 4.11. The number of aldehydes is 1. The molecular weight excluding hydrogens is 230 g/mol. The number of hydrogen-bond donors (Lipinski definition) is 0. The number of rotatable bonds is 2. The van der Waals surface area contributed by atoms with E-state index in [2.05, 4.69) is 10.00 Å². The van der Waals surface area contributed by atoms with Gasteiger partial charge in [0.05, 0.1) is 30.0 Å². The molecule has 1 aromatic heterocycles. The highest BCUT2D eigenvalue weighted by Crippen LogP contribution is 2.34. The van der Waals surface area contributed by atoms with Crippen LogP contribution in [-0.4, -0.2) is 41.4 Å². The zero-order valence-corrected chi connectivity index (χ0v) is 10.9. The van der Waals surface area contributed by atoms with Crippen molar-refractivity contribution in [2.45, 2.75) is 38.3 Å². The molecule has 2 heterocycles. The number of fused-ring (bicyclic) bond motifs is 1. The lowest BCUT2D eigenvalue weighted by atomic mass is 10.1. The van der Waals surface area contributed by atoms with Gasteiger partial charge in [-0.25, -0.2) is 0 Å². The average molecular weight is 249 g/mol. The summed E-state index contributed by atoms with van der Waals surface area (Å²) in [7, 11) is 1.91. The van der Waals surface area contributed by atoms with Crippen molar-refractivity contribution in [3.8, 4) is 0 Å². The number of carbonyl (C=O) groups excluding carboxylic acids is 1. The summed E-state index contributed by atoms with van der Waals surface area (Å²) in [5, 5.41) is 4.37. The second kappa shape index (κ2) is 4.39. The van der Waals surface area contributed by atoms with Gasteiger partial charge in [0, 0.05) is 13.6 Å².